The van der Waals surface area contributed by atoms with E-state index >= 15 is 0 Å². The van der Waals surface area contributed by atoms with Crippen LogP contribution in [0.15, 0.2) is 53.0 Å². The Bertz CT molecular complexity index is 712. The molecule has 1 unspecified atom stereocenters. The van der Waals surface area contributed by atoms with Crippen LogP contribution in [0.1, 0.15) is 29.7 Å². The van der Waals surface area contributed by atoms with E-state index in [1.807, 2.05) is 38.1 Å². The Morgan fingerprint density at radius 1 is 1.27 bits per heavy atom. The molecule has 2 rings (SSSR count). The summed E-state index contributed by atoms with van der Waals surface area (Å²) in [6, 6.07) is 12.4. The Kier molecular flexibility index (Phi) is 5.50. The molecule has 0 aliphatic carbocycles. The van der Waals surface area contributed by atoms with Gasteiger partial charge in [0.05, 0.1) is 6.04 Å². The molecule has 0 saturated heterocycles. The lowest BCUT2D eigenvalue weighted by molar-refractivity contribution is -0.117. The average molecular weight is 362 g/mol. The van der Waals surface area contributed by atoms with Crippen molar-refractivity contribution in [1.29, 1.82) is 0 Å². The molecule has 0 aromatic heterocycles. The fourth-order valence-electron chi connectivity index (χ4n) is 2.22. The molecule has 0 aliphatic heterocycles. The first-order chi connectivity index (χ1) is 10.5. The lowest BCUT2D eigenvalue weighted by Crippen LogP contribution is -2.25. The zero-order valence-electron chi connectivity index (χ0n) is 12.4. The van der Waals surface area contributed by atoms with E-state index in [4.69, 9.17) is 0 Å². The van der Waals surface area contributed by atoms with Crippen LogP contribution in [0.4, 0.5) is 4.39 Å². The van der Waals surface area contributed by atoms with E-state index in [1.54, 1.807) is 12.1 Å². The van der Waals surface area contributed by atoms with Gasteiger partial charge in [-0.05, 0) is 49.2 Å². The number of nitrogens with one attached hydrogen (secondary N) is 1. The average Bonchev–Trinajstić information content (AvgIpc) is 2.48. The highest BCUT2D eigenvalue weighted by Crippen LogP contribution is 2.18. The van der Waals surface area contributed by atoms with Crippen LogP contribution in [0.25, 0.3) is 6.08 Å². The zero-order chi connectivity index (χ0) is 16.1. The number of aryl methyl sites for hydroxylation is 1. The Hall–Kier alpha value is -1.94. The van der Waals surface area contributed by atoms with Gasteiger partial charge < -0.3 is 5.32 Å². The summed E-state index contributed by atoms with van der Waals surface area (Å²) in [6.07, 6.45) is 2.82. The lowest BCUT2D eigenvalue weighted by atomic mass is 10.0. The van der Waals surface area contributed by atoms with Gasteiger partial charge in [-0.1, -0.05) is 40.2 Å². The summed E-state index contributed by atoms with van der Waals surface area (Å²) in [4.78, 5) is 12.0. The van der Waals surface area contributed by atoms with E-state index in [9.17, 15) is 9.18 Å². The monoisotopic (exact) mass is 361 g/mol. The van der Waals surface area contributed by atoms with Crippen molar-refractivity contribution >= 4 is 27.9 Å². The normalized spacial score (nSPS) is 12.4. The number of hydrogen-bond acceptors (Lipinski definition) is 1. The molecule has 1 atom stereocenters. The van der Waals surface area contributed by atoms with E-state index in [2.05, 4.69) is 21.2 Å². The fraction of sp³-hybridized carbons (Fsp3) is 0.167. The quantitative estimate of drug-likeness (QED) is 0.779. The van der Waals surface area contributed by atoms with Gasteiger partial charge in [0.2, 0.25) is 5.91 Å². The van der Waals surface area contributed by atoms with Crippen LogP contribution in [0.2, 0.25) is 0 Å². The summed E-state index contributed by atoms with van der Waals surface area (Å²) in [5.74, 6) is -0.616. The summed E-state index contributed by atoms with van der Waals surface area (Å²) in [5.41, 5.74) is 2.56. The highest BCUT2D eigenvalue weighted by Gasteiger charge is 2.09. The first kappa shape index (κ1) is 16.4. The zero-order valence-corrected chi connectivity index (χ0v) is 14.0. The van der Waals surface area contributed by atoms with Crippen molar-refractivity contribution in [3.05, 3.63) is 75.5 Å². The molecule has 0 radical (unpaired) electrons. The van der Waals surface area contributed by atoms with E-state index in [0.29, 0.717) is 5.56 Å². The van der Waals surface area contributed by atoms with Crippen LogP contribution in [0.3, 0.4) is 0 Å². The van der Waals surface area contributed by atoms with Crippen LogP contribution >= 0.6 is 15.9 Å². The summed E-state index contributed by atoms with van der Waals surface area (Å²) in [6.45, 7) is 3.93. The predicted octanol–water partition coefficient (Wildman–Crippen LogP) is 4.79. The van der Waals surface area contributed by atoms with E-state index < -0.39 is 0 Å². The Labute approximate surface area is 138 Å². The van der Waals surface area contributed by atoms with Crippen molar-refractivity contribution in [2.75, 3.05) is 0 Å². The van der Waals surface area contributed by atoms with Gasteiger partial charge in [-0.3, -0.25) is 4.79 Å². The second kappa shape index (κ2) is 7.36. The minimum absolute atomic E-state index is 0.106. The van der Waals surface area contributed by atoms with Gasteiger partial charge in [-0.15, -0.1) is 0 Å². The molecule has 0 aliphatic rings. The summed E-state index contributed by atoms with van der Waals surface area (Å²) in [7, 11) is 0. The third kappa shape index (κ3) is 4.28. The number of rotatable bonds is 4. The van der Waals surface area contributed by atoms with Crippen molar-refractivity contribution < 1.29 is 9.18 Å². The third-order valence-corrected chi connectivity index (χ3v) is 3.88. The van der Waals surface area contributed by atoms with E-state index in [0.717, 1.165) is 15.6 Å². The molecule has 2 aromatic rings. The van der Waals surface area contributed by atoms with Crippen molar-refractivity contribution in [2.24, 2.45) is 0 Å². The Morgan fingerprint density at radius 3 is 2.73 bits per heavy atom. The van der Waals surface area contributed by atoms with Gasteiger partial charge >= 0.3 is 0 Å². The standard InChI is InChI=1S/C18H17BrFNO/c1-12-5-3-4-6-16(12)13(2)21-18(22)10-7-14-11-15(19)8-9-17(14)20/h3-11,13H,1-2H3,(H,21,22). The number of amides is 1. The largest absolute Gasteiger partial charge is 0.346 e. The Balaban J connectivity index is 2.05. The van der Waals surface area contributed by atoms with Crippen LogP contribution in [-0.4, -0.2) is 5.91 Å². The van der Waals surface area contributed by atoms with Crippen LogP contribution in [-0.2, 0) is 4.79 Å². The van der Waals surface area contributed by atoms with Gasteiger partial charge in [0.1, 0.15) is 5.82 Å². The first-order valence-corrected chi connectivity index (χ1v) is 7.76. The molecule has 0 spiro atoms. The smallest absolute Gasteiger partial charge is 0.244 e. The van der Waals surface area contributed by atoms with Gasteiger partial charge in [0.15, 0.2) is 0 Å². The molecule has 0 saturated carbocycles. The number of carbonyl (C=O) groups excluding carboxylic acids is 1. The molecule has 4 heteroatoms. The SMILES string of the molecule is Cc1ccccc1C(C)NC(=O)C=Cc1cc(Br)ccc1F. The second-order valence-electron chi connectivity index (χ2n) is 5.09. The van der Waals surface area contributed by atoms with Gasteiger partial charge in [0, 0.05) is 16.1 Å². The summed E-state index contributed by atoms with van der Waals surface area (Å²) < 4.78 is 14.4. The maximum absolute atomic E-state index is 13.6. The van der Waals surface area contributed by atoms with Crippen molar-refractivity contribution in [1.82, 2.24) is 5.32 Å². The molecule has 2 aromatic carbocycles. The molecule has 0 bridgehead atoms. The topological polar surface area (TPSA) is 29.1 Å². The Morgan fingerprint density at radius 2 is 2.00 bits per heavy atom. The minimum atomic E-state index is -0.362. The van der Waals surface area contributed by atoms with E-state index in [1.165, 1.54) is 18.2 Å². The number of halogens is 2. The van der Waals surface area contributed by atoms with Crippen LogP contribution < -0.4 is 5.32 Å². The summed E-state index contributed by atoms with van der Waals surface area (Å²) >= 11 is 3.28. The lowest BCUT2D eigenvalue weighted by Gasteiger charge is -2.15. The second-order valence-corrected chi connectivity index (χ2v) is 6.00. The first-order valence-electron chi connectivity index (χ1n) is 6.96. The highest BCUT2D eigenvalue weighted by molar-refractivity contribution is 9.10. The van der Waals surface area contributed by atoms with Gasteiger partial charge in [0.25, 0.3) is 0 Å². The third-order valence-electron chi connectivity index (χ3n) is 3.39. The minimum Gasteiger partial charge on any atom is -0.346 e. The fourth-order valence-corrected chi connectivity index (χ4v) is 2.60. The number of hydrogen-bond donors (Lipinski definition) is 1. The van der Waals surface area contributed by atoms with E-state index in [-0.39, 0.29) is 17.8 Å². The molecule has 0 heterocycles. The molecule has 1 amide bonds. The molecule has 0 fully saturated rings. The molecular weight excluding hydrogens is 345 g/mol. The summed E-state index contributed by atoms with van der Waals surface area (Å²) in [5, 5.41) is 2.88. The van der Waals surface area contributed by atoms with Gasteiger partial charge in [-0.2, -0.15) is 0 Å². The molecular formula is C18H17BrFNO. The van der Waals surface area contributed by atoms with Crippen LogP contribution in [0, 0.1) is 12.7 Å². The molecule has 22 heavy (non-hydrogen) atoms. The van der Waals surface area contributed by atoms with Crippen molar-refractivity contribution in [2.45, 2.75) is 19.9 Å². The van der Waals surface area contributed by atoms with Crippen molar-refractivity contribution in [3.63, 3.8) is 0 Å². The molecule has 2 nitrogen and oxygen atoms in total. The maximum Gasteiger partial charge on any atom is 0.244 e. The number of benzene rings is 2. The highest BCUT2D eigenvalue weighted by atomic mass is 79.9. The number of carbonyl (C=O) groups is 1. The maximum atomic E-state index is 13.6. The molecule has 114 valence electrons. The predicted molar refractivity (Wildman–Crippen MR) is 90.9 cm³/mol. The van der Waals surface area contributed by atoms with Crippen molar-refractivity contribution in [3.8, 4) is 0 Å². The van der Waals surface area contributed by atoms with Crippen LogP contribution in [0.5, 0.6) is 0 Å². The molecule has 1 N–H and O–H groups in total. The van der Waals surface area contributed by atoms with Gasteiger partial charge in [-0.25, -0.2) is 4.39 Å².